The first-order valence-electron chi connectivity index (χ1n) is 11.6. The van der Waals surface area contributed by atoms with Gasteiger partial charge in [0.1, 0.15) is 18.4 Å². The molecule has 3 atom stereocenters. The van der Waals surface area contributed by atoms with Crippen LogP contribution in [0, 0.1) is 10.7 Å². The number of amides is 3. The molecule has 5 N–H and O–H groups in total. The molecular formula is C25H24I3N5O5S. The lowest BCUT2D eigenvalue weighted by atomic mass is 9.89. The first kappa shape index (κ1) is 30.3. The maximum absolute atomic E-state index is 13.7. The van der Waals surface area contributed by atoms with Crippen molar-refractivity contribution in [1.29, 1.82) is 0 Å². The van der Waals surface area contributed by atoms with Crippen LogP contribution in [-0.4, -0.2) is 61.9 Å². The summed E-state index contributed by atoms with van der Waals surface area (Å²) in [5, 5.41) is 15.2. The summed E-state index contributed by atoms with van der Waals surface area (Å²) in [5.41, 5.74) is 5.28. The van der Waals surface area contributed by atoms with Crippen LogP contribution in [0.4, 0.5) is 0 Å². The molecule has 0 radical (unpaired) electrons. The Morgan fingerprint density at radius 2 is 1.79 bits per heavy atom. The fourth-order valence-electron chi connectivity index (χ4n) is 4.58. The number of amidine groups is 1. The number of carbonyl (C=O) groups is 4. The molecular weight excluding hydrogens is 863 g/mol. The molecule has 2 aliphatic heterocycles. The average Bonchev–Trinajstić information content (AvgIpc) is 3.06. The van der Waals surface area contributed by atoms with Gasteiger partial charge in [-0.15, -0.1) is 11.8 Å². The highest BCUT2D eigenvalue weighted by molar-refractivity contribution is 14.1. The Bertz CT molecular complexity index is 1370. The highest BCUT2D eigenvalue weighted by Gasteiger charge is 2.70. The standard InChI is InChI=1S/C25H24I3N5O5S/c1-24(2)25(23(37)38,33-17(35)10-18(33)39-24)32-22(36)20(12-6-4-3-5-7-12)31-16(34)11-30-21(29)13-8-14(26)19(28)15(27)9-13/h3-9,18,20H,10-11H2,1-2H3,(H2,29,30)(H,31,34)(H,32,36)(H,37,38)/t18-,20?,25+/m1/s1. The Hall–Kier alpha value is -1.67. The molecule has 2 aromatic rings. The zero-order chi connectivity index (χ0) is 28.7. The third-order valence-corrected chi connectivity index (χ3v) is 13.0. The van der Waals surface area contributed by atoms with E-state index >= 15 is 0 Å². The Morgan fingerprint density at radius 1 is 1.18 bits per heavy atom. The number of thioether (sulfide) groups is 1. The number of fused-ring (bicyclic) bond motifs is 1. The minimum atomic E-state index is -1.98. The molecule has 1 unspecified atom stereocenters. The monoisotopic (exact) mass is 887 g/mol. The van der Waals surface area contributed by atoms with Crippen molar-refractivity contribution >= 4 is 109 Å². The van der Waals surface area contributed by atoms with Crippen molar-refractivity contribution in [3.8, 4) is 0 Å². The first-order valence-corrected chi connectivity index (χ1v) is 15.7. The Labute approximate surface area is 270 Å². The van der Waals surface area contributed by atoms with Gasteiger partial charge in [-0.05, 0) is 99.3 Å². The molecule has 2 aliphatic rings. The van der Waals surface area contributed by atoms with Crippen LogP contribution >= 0.6 is 79.5 Å². The number of halogens is 3. The first-order chi connectivity index (χ1) is 18.3. The smallest absolute Gasteiger partial charge is 0.352 e. The Kier molecular flexibility index (Phi) is 9.07. The van der Waals surface area contributed by atoms with E-state index in [1.165, 1.54) is 16.7 Å². The molecule has 0 bridgehead atoms. The zero-order valence-electron chi connectivity index (χ0n) is 20.7. The summed E-state index contributed by atoms with van der Waals surface area (Å²) in [6, 6.07) is 11.0. The highest BCUT2D eigenvalue weighted by Crippen LogP contribution is 2.55. The number of benzene rings is 2. The lowest BCUT2D eigenvalue weighted by Crippen LogP contribution is -2.75. The van der Waals surface area contributed by atoms with E-state index in [-0.39, 0.29) is 30.1 Å². The topological polar surface area (TPSA) is 154 Å². The van der Waals surface area contributed by atoms with E-state index in [1.807, 2.05) is 12.1 Å². The van der Waals surface area contributed by atoms with Crippen molar-refractivity contribution < 1.29 is 24.3 Å². The van der Waals surface area contributed by atoms with Crippen LogP contribution in [0.15, 0.2) is 47.5 Å². The summed E-state index contributed by atoms with van der Waals surface area (Å²) < 4.78 is 2.07. The molecule has 0 aromatic heterocycles. The third kappa shape index (κ3) is 5.74. The number of nitrogens with one attached hydrogen (secondary N) is 2. The van der Waals surface area contributed by atoms with Crippen LogP contribution in [-0.2, 0) is 19.2 Å². The third-order valence-electron chi connectivity index (χ3n) is 6.56. The van der Waals surface area contributed by atoms with Gasteiger partial charge in [0.15, 0.2) is 0 Å². The van der Waals surface area contributed by atoms with Gasteiger partial charge in [0.2, 0.25) is 23.4 Å². The van der Waals surface area contributed by atoms with Gasteiger partial charge in [0.05, 0.1) is 16.5 Å². The molecule has 14 heteroatoms. The largest absolute Gasteiger partial charge is 0.478 e. The van der Waals surface area contributed by atoms with Crippen molar-refractivity contribution in [1.82, 2.24) is 15.5 Å². The van der Waals surface area contributed by atoms with Gasteiger partial charge < -0.3 is 21.5 Å². The summed E-state index contributed by atoms with van der Waals surface area (Å²) in [7, 11) is 0. The van der Waals surface area contributed by atoms with Crippen molar-refractivity contribution in [3.63, 3.8) is 0 Å². The van der Waals surface area contributed by atoms with Crippen molar-refractivity contribution in [3.05, 3.63) is 64.3 Å². The number of carbonyl (C=O) groups excluding carboxylic acids is 3. The average molecular weight is 887 g/mol. The van der Waals surface area contributed by atoms with E-state index in [0.717, 1.165) is 10.7 Å². The van der Waals surface area contributed by atoms with Crippen molar-refractivity contribution in [2.45, 2.75) is 42.1 Å². The Balaban J connectivity index is 1.58. The molecule has 2 aromatic carbocycles. The number of rotatable bonds is 8. The van der Waals surface area contributed by atoms with Crippen molar-refractivity contribution in [2.24, 2.45) is 10.7 Å². The molecule has 10 nitrogen and oxygen atoms in total. The van der Waals surface area contributed by atoms with Crippen molar-refractivity contribution in [2.75, 3.05) is 6.54 Å². The number of aliphatic imine (C=N–C) groups is 1. The lowest BCUT2D eigenvalue weighted by Gasteiger charge is -2.46. The van der Waals surface area contributed by atoms with Gasteiger partial charge in [-0.2, -0.15) is 0 Å². The minimum absolute atomic E-state index is 0.176. The predicted molar refractivity (Wildman–Crippen MR) is 173 cm³/mol. The quantitative estimate of drug-likeness (QED) is 0.105. The van der Waals surface area contributed by atoms with Crippen LogP contribution in [0.25, 0.3) is 0 Å². The van der Waals surface area contributed by atoms with E-state index in [1.54, 1.807) is 44.2 Å². The number of carboxylic acids is 1. The van der Waals surface area contributed by atoms with Crippen LogP contribution < -0.4 is 16.4 Å². The minimum Gasteiger partial charge on any atom is -0.478 e. The molecule has 0 aliphatic carbocycles. The van der Waals surface area contributed by atoms with E-state index in [4.69, 9.17) is 5.73 Å². The number of nitrogens with zero attached hydrogens (tertiary/aromatic N) is 2. The summed E-state index contributed by atoms with van der Waals surface area (Å²) in [4.78, 5) is 57.2. The van der Waals surface area contributed by atoms with Crippen LogP contribution in [0.2, 0.25) is 0 Å². The second-order valence-corrected chi connectivity index (χ2v) is 14.6. The lowest BCUT2D eigenvalue weighted by molar-refractivity contribution is -0.173. The summed E-state index contributed by atoms with van der Waals surface area (Å²) >= 11 is 7.97. The molecule has 2 saturated heterocycles. The molecule has 0 saturated carbocycles. The Morgan fingerprint density at radius 3 is 2.36 bits per heavy atom. The molecule has 206 valence electrons. The molecule has 2 heterocycles. The van der Waals surface area contributed by atoms with E-state index in [0.29, 0.717) is 11.1 Å². The summed E-state index contributed by atoms with van der Waals surface area (Å²) in [6.07, 6.45) is 0.204. The zero-order valence-corrected chi connectivity index (χ0v) is 28.0. The number of hydrogen-bond acceptors (Lipinski definition) is 6. The van der Waals surface area contributed by atoms with Crippen LogP contribution in [0.1, 0.15) is 37.4 Å². The molecule has 39 heavy (non-hydrogen) atoms. The molecule has 4 rings (SSSR count). The predicted octanol–water partition coefficient (Wildman–Crippen LogP) is 3.04. The second kappa shape index (κ2) is 11.7. The fourth-order valence-corrected chi connectivity index (χ4v) is 8.35. The van der Waals surface area contributed by atoms with E-state index < -0.39 is 34.2 Å². The van der Waals surface area contributed by atoms with Crippen LogP contribution in [0.3, 0.4) is 0 Å². The fraction of sp³-hybridized carbons (Fsp3) is 0.320. The van der Waals surface area contributed by atoms with Gasteiger partial charge in [-0.3, -0.25) is 24.3 Å². The number of aliphatic carboxylic acids is 1. The van der Waals surface area contributed by atoms with Gasteiger partial charge in [-0.1, -0.05) is 30.3 Å². The second-order valence-electron chi connectivity index (χ2n) is 9.42. The number of nitrogens with two attached hydrogens (primary N) is 1. The van der Waals surface area contributed by atoms with Gasteiger partial charge in [0, 0.05) is 16.3 Å². The maximum atomic E-state index is 13.7. The maximum Gasteiger partial charge on any atom is 0.352 e. The highest BCUT2D eigenvalue weighted by atomic mass is 127. The molecule has 3 amide bonds. The van der Waals surface area contributed by atoms with E-state index in [2.05, 4.69) is 83.4 Å². The van der Waals surface area contributed by atoms with Gasteiger partial charge >= 0.3 is 5.97 Å². The van der Waals surface area contributed by atoms with E-state index in [9.17, 15) is 24.3 Å². The normalized spacial score (nSPS) is 22.5. The summed E-state index contributed by atoms with van der Waals surface area (Å²) in [5.74, 6) is -2.87. The van der Waals surface area contributed by atoms with Crippen LogP contribution in [0.5, 0.6) is 0 Å². The molecule has 2 fully saturated rings. The number of carboxylic acid groups (broad SMARTS) is 1. The van der Waals surface area contributed by atoms with Gasteiger partial charge in [0.25, 0.3) is 0 Å². The van der Waals surface area contributed by atoms with Gasteiger partial charge in [-0.25, -0.2) is 4.79 Å². The molecule has 0 spiro atoms. The summed E-state index contributed by atoms with van der Waals surface area (Å²) in [6.45, 7) is 3.01. The number of β-lactam (4-membered cyclic amide) rings is 1. The SMILES string of the molecule is CC1(C)S[C@@H]2CC(=O)N2[C@@]1(NC(=O)C(NC(=O)CN=C(N)c1cc(I)c(I)c(I)c1)c1ccccc1)C(=O)O. The number of hydrogen-bond donors (Lipinski definition) is 4.